The Hall–Kier alpha value is -4.19. The Bertz CT molecular complexity index is 1370. The molecular formula is C57H90O6. The Morgan fingerprint density at radius 3 is 1.03 bits per heavy atom. The molecule has 0 rings (SSSR count). The molecule has 0 saturated carbocycles. The van der Waals surface area contributed by atoms with E-state index < -0.39 is 6.10 Å². The minimum atomic E-state index is -0.813. The molecule has 1 unspecified atom stereocenters. The average Bonchev–Trinajstić information content (AvgIpc) is 3.28. The van der Waals surface area contributed by atoms with Gasteiger partial charge in [0.15, 0.2) is 6.10 Å². The fraction of sp³-hybridized carbons (Fsp3) is 0.596. The monoisotopic (exact) mass is 871 g/mol. The average molecular weight is 871 g/mol. The Balaban J connectivity index is 4.54. The van der Waals surface area contributed by atoms with Gasteiger partial charge in [-0.1, -0.05) is 219 Å². The van der Waals surface area contributed by atoms with Crippen molar-refractivity contribution in [3.63, 3.8) is 0 Å². The van der Waals surface area contributed by atoms with E-state index in [1.54, 1.807) is 0 Å². The van der Waals surface area contributed by atoms with Crippen molar-refractivity contribution in [1.29, 1.82) is 0 Å². The van der Waals surface area contributed by atoms with Gasteiger partial charge in [-0.2, -0.15) is 0 Å². The predicted molar refractivity (Wildman–Crippen MR) is 269 cm³/mol. The molecule has 1 atom stereocenters. The van der Waals surface area contributed by atoms with Crippen LogP contribution in [0.4, 0.5) is 0 Å². The molecule has 0 aromatic heterocycles. The first kappa shape index (κ1) is 58.8. The highest BCUT2D eigenvalue weighted by Crippen LogP contribution is 2.13. The zero-order chi connectivity index (χ0) is 45.8. The van der Waals surface area contributed by atoms with Gasteiger partial charge < -0.3 is 14.2 Å². The zero-order valence-electron chi connectivity index (χ0n) is 40.3. The second-order valence-corrected chi connectivity index (χ2v) is 16.2. The molecule has 0 spiro atoms. The van der Waals surface area contributed by atoms with Crippen molar-refractivity contribution in [2.75, 3.05) is 13.2 Å². The molecule has 0 saturated heterocycles. The predicted octanol–water partition coefficient (Wildman–Crippen LogP) is 16.5. The number of hydrogen-bond donors (Lipinski definition) is 0. The largest absolute Gasteiger partial charge is 0.462 e. The van der Waals surface area contributed by atoms with Gasteiger partial charge >= 0.3 is 17.9 Å². The summed E-state index contributed by atoms with van der Waals surface area (Å²) in [5.41, 5.74) is 0. The van der Waals surface area contributed by atoms with E-state index in [1.807, 2.05) is 72.9 Å². The van der Waals surface area contributed by atoms with E-state index in [0.29, 0.717) is 12.8 Å². The molecule has 0 aliphatic carbocycles. The van der Waals surface area contributed by atoms with Crippen molar-refractivity contribution in [3.8, 4) is 0 Å². The molecule has 0 N–H and O–H groups in total. The van der Waals surface area contributed by atoms with E-state index in [9.17, 15) is 14.4 Å². The molecule has 0 aliphatic heterocycles. The number of esters is 3. The summed E-state index contributed by atoms with van der Waals surface area (Å²) < 4.78 is 16.7. The summed E-state index contributed by atoms with van der Waals surface area (Å²) in [4.78, 5) is 38.0. The molecule has 0 aromatic rings. The molecule has 63 heavy (non-hydrogen) atoms. The Labute approximate surface area is 386 Å². The number of allylic oxidation sites excluding steroid dienone is 20. The van der Waals surface area contributed by atoms with Crippen molar-refractivity contribution in [2.45, 2.75) is 207 Å². The van der Waals surface area contributed by atoms with Crippen LogP contribution in [-0.2, 0) is 28.6 Å². The van der Waals surface area contributed by atoms with Gasteiger partial charge in [0.1, 0.15) is 13.2 Å². The van der Waals surface area contributed by atoms with E-state index >= 15 is 0 Å². The topological polar surface area (TPSA) is 78.9 Å². The maximum absolute atomic E-state index is 12.8. The number of hydrogen-bond acceptors (Lipinski definition) is 6. The summed E-state index contributed by atoms with van der Waals surface area (Å²) in [6.45, 7) is 6.26. The molecule has 0 fully saturated rings. The maximum Gasteiger partial charge on any atom is 0.306 e. The lowest BCUT2D eigenvalue weighted by Crippen LogP contribution is -2.30. The van der Waals surface area contributed by atoms with Crippen molar-refractivity contribution in [1.82, 2.24) is 0 Å². The molecule has 0 aliphatic rings. The minimum Gasteiger partial charge on any atom is -0.462 e. The highest BCUT2D eigenvalue weighted by molar-refractivity contribution is 5.71. The number of carbonyl (C=O) groups is 3. The van der Waals surface area contributed by atoms with Crippen LogP contribution < -0.4 is 0 Å². The second kappa shape index (κ2) is 50.5. The Kier molecular flexibility index (Phi) is 47.1. The van der Waals surface area contributed by atoms with E-state index in [0.717, 1.165) is 96.3 Å². The van der Waals surface area contributed by atoms with Crippen LogP contribution >= 0.6 is 0 Å². The van der Waals surface area contributed by atoms with Gasteiger partial charge in [-0.3, -0.25) is 14.4 Å². The fourth-order valence-corrected chi connectivity index (χ4v) is 6.41. The smallest absolute Gasteiger partial charge is 0.306 e. The molecular weight excluding hydrogens is 781 g/mol. The van der Waals surface area contributed by atoms with E-state index in [1.165, 1.54) is 64.2 Å². The first-order chi connectivity index (χ1) is 31.0. The highest BCUT2D eigenvalue weighted by atomic mass is 16.6. The number of ether oxygens (including phenoxy) is 3. The third-order valence-corrected chi connectivity index (χ3v) is 10.2. The lowest BCUT2D eigenvalue weighted by atomic mass is 10.1. The molecule has 0 radical (unpaired) electrons. The highest BCUT2D eigenvalue weighted by Gasteiger charge is 2.19. The van der Waals surface area contributed by atoms with Crippen LogP contribution in [0.15, 0.2) is 122 Å². The number of unbranched alkanes of at least 4 members (excludes halogenated alkanes) is 19. The summed E-state index contributed by atoms with van der Waals surface area (Å²) in [6, 6.07) is 0. The number of carbonyl (C=O) groups excluding carboxylic acids is 3. The molecule has 354 valence electrons. The van der Waals surface area contributed by atoms with Gasteiger partial charge in [0.25, 0.3) is 0 Å². The summed E-state index contributed by atoms with van der Waals surface area (Å²) in [5, 5.41) is 0. The Morgan fingerprint density at radius 2 is 0.635 bits per heavy atom. The normalized spacial score (nSPS) is 13.1. The van der Waals surface area contributed by atoms with Gasteiger partial charge in [0, 0.05) is 19.3 Å². The summed E-state index contributed by atoms with van der Waals surface area (Å²) >= 11 is 0. The quantitative estimate of drug-likeness (QED) is 0.0200. The SMILES string of the molecule is CC\C=C/C=C\C=C/C=C\C=C/CCCCCC(=O)OCC(COC(=O)CCCCCCCCC/C=C\CCCCCC)OC(=O)CCCCCCC\C=C/C=C\C=C/C=C\CC. The van der Waals surface area contributed by atoms with Gasteiger partial charge in [0.2, 0.25) is 0 Å². The van der Waals surface area contributed by atoms with Crippen LogP contribution in [-0.4, -0.2) is 37.2 Å². The lowest BCUT2D eigenvalue weighted by molar-refractivity contribution is -0.167. The fourth-order valence-electron chi connectivity index (χ4n) is 6.41. The van der Waals surface area contributed by atoms with E-state index in [4.69, 9.17) is 14.2 Å². The standard InChI is InChI=1S/C57H90O6/c1-4-7-10-13-16-19-22-25-28-31-34-37-40-43-46-49-55(58)61-52-54(63-57(60)51-48-45-42-39-36-33-30-27-24-21-18-15-12-9-6-3)53-62-56(59)50-47-44-41-38-35-32-29-26-23-20-17-14-11-8-5-2/h7,9-10,12-13,15-16,18-25,27-28,30-31,34,54H,4-6,8,11,14,17,26,29,32-33,35-53H2,1-3H3/b10-7-,12-9-,16-13-,18-15-,22-19-,23-20-,24-21-,28-25-,30-27-,34-31-. The minimum absolute atomic E-state index is 0.108. The molecule has 6 heteroatoms. The van der Waals surface area contributed by atoms with Crippen molar-refractivity contribution >= 4 is 17.9 Å². The summed E-state index contributed by atoms with van der Waals surface area (Å²) in [7, 11) is 0. The maximum atomic E-state index is 12.8. The van der Waals surface area contributed by atoms with Gasteiger partial charge in [-0.25, -0.2) is 0 Å². The Morgan fingerprint density at radius 1 is 0.333 bits per heavy atom. The third-order valence-electron chi connectivity index (χ3n) is 10.2. The molecule has 0 bridgehead atoms. The van der Waals surface area contributed by atoms with Crippen LogP contribution in [0.2, 0.25) is 0 Å². The first-order valence-electron chi connectivity index (χ1n) is 25.2. The van der Waals surface area contributed by atoms with Crippen molar-refractivity contribution in [2.24, 2.45) is 0 Å². The molecule has 0 amide bonds. The molecule has 0 heterocycles. The summed E-state index contributed by atoms with van der Waals surface area (Å²) in [6.07, 6.45) is 68.9. The zero-order valence-corrected chi connectivity index (χ0v) is 40.3. The van der Waals surface area contributed by atoms with Crippen LogP contribution in [0, 0.1) is 0 Å². The van der Waals surface area contributed by atoms with Crippen molar-refractivity contribution in [3.05, 3.63) is 122 Å². The van der Waals surface area contributed by atoms with Crippen LogP contribution in [0.5, 0.6) is 0 Å². The summed E-state index contributed by atoms with van der Waals surface area (Å²) in [5.74, 6) is -0.987. The van der Waals surface area contributed by atoms with E-state index in [-0.39, 0.29) is 37.5 Å². The van der Waals surface area contributed by atoms with Gasteiger partial charge in [-0.15, -0.1) is 0 Å². The molecule has 6 nitrogen and oxygen atoms in total. The first-order valence-corrected chi connectivity index (χ1v) is 25.2. The van der Waals surface area contributed by atoms with Gasteiger partial charge in [0.05, 0.1) is 0 Å². The second-order valence-electron chi connectivity index (χ2n) is 16.2. The van der Waals surface area contributed by atoms with Gasteiger partial charge in [-0.05, 0) is 83.5 Å². The van der Waals surface area contributed by atoms with Crippen LogP contribution in [0.3, 0.4) is 0 Å². The third kappa shape index (κ3) is 48.7. The van der Waals surface area contributed by atoms with E-state index in [2.05, 4.69) is 69.4 Å². The van der Waals surface area contributed by atoms with Crippen LogP contribution in [0.25, 0.3) is 0 Å². The molecule has 0 aromatic carbocycles. The lowest BCUT2D eigenvalue weighted by Gasteiger charge is -2.18. The number of rotatable bonds is 43. The van der Waals surface area contributed by atoms with Crippen LogP contribution in [0.1, 0.15) is 201 Å². The van der Waals surface area contributed by atoms with Crippen molar-refractivity contribution < 1.29 is 28.6 Å².